The minimum absolute atomic E-state index is 0.00616. The number of hydrogen-bond donors (Lipinski definition) is 2. The summed E-state index contributed by atoms with van der Waals surface area (Å²) in [5.41, 5.74) is 2.92. The van der Waals surface area contributed by atoms with E-state index in [9.17, 15) is 9.59 Å². The maximum absolute atomic E-state index is 11.4. The minimum atomic E-state index is -0.912. The van der Waals surface area contributed by atoms with Gasteiger partial charge in [-0.2, -0.15) is 0 Å². The van der Waals surface area contributed by atoms with Crippen molar-refractivity contribution in [3.63, 3.8) is 0 Å². The van der Waals surface area contributed by atoms with E-state index < -0.39 is 12.0 Å². The molecule has 1 aliphatic heterocycles. The molecule has 0 aliphatic carbocycles. The highest BCUT2D eigenvalue weighted by Crippen LogP contribution is 2.28. The van der Waals surface area contributed by atoms with Gasteiger partial charge in [-0.3, -0.25) is 24.6 Å². The van der Waals surface area contributed by atoms with Crippen molar-refractivity contribution < 1.29 is 14.7 Å². The number of aliphatic imine (C=N–C) groups is 2. The summed E-state index contributed by atoms with van der Waals surface area (Å²) >= 11 is 3.49. The fourth-order valence-electron chi connectivity index (χ4n) is 2.84. The zero-order valence-electron chi connectivity index (χ0n) is 15.2. The number of fused-ring (bicyclic) bond motifs is 1. The van der Waals surface area contributed by atoms with Crippen LogP contribution in [0.5, 0.6) is 0 Å². The lowest BCUT2D eigenvalue weighted by atomic mass is 10.0. The standard InChI is InChI=1S/C20H19BrN4O3/c1-12(26)11-23-20-17(7-8-18(27)28)24-19(16-4-2-3-9-22-16)14-10-13(21)5-6-15(14)25-20/h2-6,9-10,17H,7-8,11H2,1H3,(H,23,25)(H,27,28)/t17-/m0/s1. The zero-order valence-corrected chi connectivity index (χ0v) is 16.8. The van der Waals surface area contributed by atoms with E-state index in [0.717, 1.165) is 15.7 Å². The number of carbonyl (C=O) groups is 2. The highest BCUT2D eigenvalue weighted by molar-refractivity contribution is 9.10. The smallest absolute Gasteiger partial charge is 0.303 e. The van der Waals surface area contributed by atoms with Crippen LogP contribution >= 0.6 is 15.9 Å². The first-order valence-corrected chi connectivity index (χ1v) is 9.55. The summed E-state index contributed by atoms with van der Waals surface area (Å²) in [6.45, 7) is 1.47. The number of amidine groups is 1. The number of aromatic nitrogens is 1. The molecule has 1 aromatic carbocycles. The molecule has 0 radical (unpaired) electrons. The van der Waals surface area contributed by atoms with Crippen LogP contribution in [0.25, 0.3) is 0 Å². The molecule has 144 valence electrons. The van der Waals surface area contributed by atoms with Crippen LogP contribution in [0.15, 0.2) is 57.1 Å². The topological polar surface area (TPSA) is 104 Å². The number of rotatable bonds is 6. The first kappa shape index (κ1) is 19.9. The average Bonchev–Trinajstić information content (AvgIpc) is 2.82. The predicted octanol–water partition coefficient (Wildman–Crippen LogP) is 3.33. The van der Waals surface area contributed by atoms with Gasteiger partial charge < -0.3 is 10.4 Å². The molecule has 0 unspecified atom stereocenters. The molecule has 1 aliphatic rings. The monoisotopic (exact) mass is 442 g/mol. The highest BCUT2D eigenvalue weighted by Gasteiger charge is 2.25. The predicted molar refractivity (Wildman–Crippen MR) is 111 cm³/mol. The Morgan fingerprint density at radius 3 is 2.79 bits per heavy atom. The van der Waals surface area contributed by atoms with Gasteiger partial charge in [0.05, 0.1) is 18.0 Å². The highest BCUT2D eigenvalue weighted by atomic mass is 79.9. The molecule has 8 heteroatoms. The van der Waals surface area contributed by atoms with Gasteiger partial charge in [0.1, 0.15) is 11.9 Å². The summed E-state index contributed by atoms with van der Waals surface area (Å²) in [5, 5.41) is 12.4. The summed E-state index contributed by atoms with van der Waals surface area (Å²) in [6, 6.07) is 10.7. The van der Waals surface area contributed by atoms with E-state index in [1.165, 1.54) is 6.92 Å². The average molecular weight is 443 g/mol. The number of Topliss-reactive ketones (excluding diaryl/α,β-unsaturated/α-hetero) is 1. The van der Waals surface area contributed by atoms with Crippen LogP contribution in [0.3, 0.4) is 0 Å². The van der Waals surface area contributed by atoms with Crippen molar-refractivity contribution in [1.29, 1.82) is 0 Å². The van der Waals surface area contributed by atoms with Gasteiger partial charge in [0.2, 0.25) is 0 Å². The first-order valence-electron chi connectivity index (χ1n) is 8.76. The Labute approximate surface area is 170 Å². The molecule has 1 atom stereocenters. The van der Waals surface area contributed by atoms with Crippen LogP contribution in [0.4, 0.5) is 5.69 Å². The van der Waals surface area contributed by atoms with Crippen LogP contribution in [0.2, 0.25) is 0 Å². The fourth-order valence-corrected chi connectivity index (χ4v) is 3.20. The van der Waals surface area contributed by atoms with Crippen LogP contribution in [-0.4, -0.2) is 46.0 Å². The second-order valence-electron chi connectivity index (χ2n) is 6.36. The first-order chi connectivity index (χ1) is 13.4. The molecular weight excluding hydrogens is 424 g/mol. The Morgan fingerprint density at radius 2 is 2.11 bits per heavy atom. The molecular formula is C20H19BrN4O3. The fraction of sp³-hybridized carbons (Fsp3) is 0.250. The van der Waals surface area contributed by atoms with E-state index in [-0.39, 0.29) is 25.2 Å². The summed E-state index contributed by atoms with van der Waals surface area (Å²) in [6.07, 6.45) is 1.87. The molecule has 1 aromatic heterocycles. The third-order valence-corrected chi connectivity index (χ3v) is 4.60. The molecule has 2 heterocycles. The number of aliphatic carboxylic acids is 1. The molecule has 0 fully saturated rings. The quantitative estimate of drug-likeness (QED) is 0.713. The maximum Gasteiger partial charge on any atom is 0.303 e. The largest absolute Gasteiger partial charge is 0.481 e. The van der Waals surface area contributed by atoms with Crippen LogP contribution in [0, 0.1) is 0 Å². The molecule has 0 amide bonds. The molecule has 3 rings (SSSR count). The van der Waals surface area contributed by atoms with Crippen molar-refractivity contribution in [2.24, 2.45) is 9.98 Å². The number of pyridine rings is 1. The molecule has 2 aromatic rings. The van der Waals surface area contributed by atoms with Crippen molar-refractivity contribution in [2.45, 2.75) is 25.8 Å². The van der Waals surface area contributed by atoms with E-state index in [2.05, 4.69) is 31.2 Å². The molecule has 28 heavy (non-hydrogen) atoms. The van der Waals surface area contributed by atoms with Crippen molar-refractivity contribution in [3.8, 4) is 0 Å². The number of carboxylic acid groups (broad SMARTS) is 1. The SMILES string of the molecule is CC(=O)CN=C1Nc2ccc(Br)cc2C(c2ccccn2)=N[C@H]1CCC(=O)O. The van der Waals surface area contributed by atoms with Gasteiger partial charge in [-0.05, 0) is 43.7 Å². The summed E-state index contributed by atoms with van der Waals surface area (Å²) < 4.78 is 0.878. The normalized spacial score (nSPS) is 17.3. The van der Waals surface area contributed by atoms with Gasteiger partial charge in [-0.1, -0.05) is 22.0 Å². The number of benzene rings is 1. The van der Waals surface area contributed by atoms with E-state index in [0.29, 0.717) is 17.2 Å². The van der Waals surface area contributed by atoms with Gasteiger partial charge in [0, 0.05) is 28.3 Å². The van der Waals surface area contributed by atoms with Crippen molar-refractivity contribution in [1.82, 2.24) is 4.98 Å². The third kappa shape index (κ3) is 4.89. The van der Waals surface area contributed by atoms with Crippen LogP contribution < -0.4 is 5.32 Å². The number of nitrogens with one attached hydrogen (secondary N) is 1. The second kappa shape index (κ2) is 8.88. The molecule has 0 saturated heterocycles. The van der Waals surface area contributed by atoms with Crippen molar-refractivity contribution in [3.05, 3.63) is 58.3 Å². The zero-order chi connectivity index (χ0) is 20.1. The minimum Gasteiger partial charge on any atom is -0.481 e. The van der Waals surface area contributed by atoms with Gasteiger partial charge in [0.25, 0.3) is 0 Å². The van der Waals surface area contributed by atoms with Gasteiger partial charge in [-0.25, -0.2) is 0 Å². The number of ketones is 1. The number of nitrogens with zero attached hydrogens (tertiary/aromatic N) is 3. The molecule has 7 nitrogen and oxygen atoms in total. The van der Waals surface area contributed by atoms with E-state index in [1.807, 2.05) is 36.4 Å². The van der Waals surface area contributed by atoms with E-state index >= 15 is 0 Å². The number of anilines is 1. The molecule has 2 N–H and O–H groups in total. The summed E-state index contributed by atoms with van der Waals surface area (Å²) in [4.78, 5) is 36.2. The number of benzodiazepines with no additional fused rings is 1. The second-order valence-corrected chi connectivity index (χ2v) is 7.27. The molecule has 0 saturated carbocycles. The molecule has 0 bridgehead atoms. The number of carbonyl (C=O) groups excluding carboxylic acids is 1. The van der Waals surface area contributed by atoms with Crippen molar-refractivity contribution in [2.75, 3.05) is 11.9 Å². The van der Waals surface area contributed by atoms with E-state index in [4.69, 9.17) is 10.1 Å². The third-order valence-electron chi connectivity index (χ3n) is 4.11. The lowest BCUT2D eigenvalue weighted by Gasteiger charge is -2.15. The number of halogens is 1. The maximum atomic E-state index is 11.4. The van der Waals surface area contributed by atoms with Gasteiger partial charge in [0.15, 0.2) is 5.78 Å². The lowest BCUT2D eigenvalue weighted by molar-refractivity contribution is -0.137. The van der Waals surface area contributed by atoms with Gasteiger partial charge >= 0.3 is 5.97 Å². The van der Waals surface area contributed by atoms with Crippen LogP contribution in [-0.2, 0) is 9.59 Å². The number of hydrogen-bond acceptors (Lipinski definition) is 5. The number of carboxylic acids is 1. The summed E-state index contributed by atoms with van der Waals surface area (Å²) in [7, 11) is 0. The lowest BCUT2D eigenvalue weighted by Crippen LogP contribution is -2.27. The van der Waals surface area contributed by atoms with E-state index in [1.54, 1.807) is 6.20 Å². The Kier molecular flexibility index (Phi) is 6.30. The molecule has 0 spiro atoms. The van der Waals surface area contributed by atoms with Gasteiger partial charge in [-0.15, -0.1) is 0 Å². The Hall–Kier alpha value is -2.87. The van der Waals surface area contributed by atoms with Crippen LogP contribution in [0.1, 0.15) is 31.0 Å². The Morgan fingerprint density at radius 1 is 1.29 bits per heavy atom. The summed E-state index contributed by atoms with van der Waals surface area (Å²) in [5.74, 6) is -0.517. The van der Waals surface area contributed by atoms with Crippen molar-refractivity contribution >= 4 is 44.9 Å². The Balaban J connectivity index is 2.15. The Bertz CT molecular complexity index is 957.